The Balaban J connectivity index is 0. The average molecular weight is 142 g/mol. The maximum atomic E-state index is 11.5. The maximum absolute atomic E-state index is 11.5. The molecule has 1 atom stereocenters. The summed E-state index contributed by atoms with van der Waals surface area (Å²) in [5.41, 5.74) is 0. The van der Waals surface area contributed by atoms with E-state index in [4.69, 9.17) is 0 Å². The third-order valence-electron chi connectivity index (χ3n) is 0.432. The first kappa shape index (κ1) is 11.6. The summed E-state index contributed by atoms with van der Waals surface area (Å²) < 4.78 is 11.5. The minimum absolute atomic E-state index is 0. The normalized spacial score (nSPS) is 11.1. The molecule has 8 heavy (non-hydrogen) atoms. The Morgan fingerprint density at radius 2 is 2.25 bits per heavy atom. The first-order valence-corrected chi connectivity index (χ1v) is 1.66. The predicted octanol–water partition coefficient (Wildman–Crippen LogP) is -3.74. The molecule has 40 valence electrons. The Kier molecular flexibility index (Phi) is 8.53. The van der Waals surface area contributed by atoms with Gasteiger partial charge in [0.25, 0.3) is 0 Å². The summed E-state index contributed by atoms with van der Waals surface area (Å²) >= 11 is 0. The quantitative estimate of drug-likeness (QED) is 0.294. The van der Waals surface area contributed by atoms with Crippen LogP contribution in [0.25, 0.3) is 0 Å². The van der Waals surface area contributed by atoms with Gasteiger partial charge in [-0.3, -0.25) is 0 Å². The van der Waals surface area contributed by atoms with Crippen molar-refractivity contribution in [2.24, 2.45) is 0 Å². The fraction of sp³-hybridized carbons (Fsp3) is 0.250. The summed E-state index contributed by atoms with van der Waals surface area (Å²) in [4.78, 5) is 9.37. The summed E-state index contributed by atoms with van der Waals surface area (Å²) in [5.74, 6) is -1.74. The second-order valence-electron chi connectivity index (χ2n) is 0.957. The first-order chi connectivity index (χ1) is 3.18. The zero-order chi connectivity index (χ0) is 5.86. The Bertz CT molecular complexity index is 94.0. The van der Waals surface area contributed by atoms with Crippen molar-refractivity contribution in [3.05, 3.63) is 12.7 Å². The molecular formula is C4H4FKO2. The van der Waals surface area contributed by atoms with E-state index in [1.165, 1.54) is 0 Å². The Hall–Kier alpha value is 0.776. The van der Waals surface area contributed by atoms with Crippen molar-refractivity contribution in [2.75, 3.05) is 0 Å². The van der Waals surface area contributed by atoms with Crippen molar-refractivity contribution in [1.82, 2.24) is 0 Å². The molecule has 0 rings (SSSR count). The van der Waals surface area contributed by atoms with Crippen LogP contribution in [-0.2, 0) is 4.79 Å². The van der Waals surface area contributed by atoms with Gasteiger partial charge in [0, 0.05) is 0 Å². The molecule has 0 aromatic heterocycles. The summed E-state index contributed by atoms with van der Waals surface area (Å²) in [6.45, 7) is 2.89. The van der Waals surface area contributed by atoms with E-state index < -0.39 is 12.1 Å². The van der Waals surface area contributed by atoms with E-state index >= 15 is 0 Å². The number of aliphatic carboxylic acids is 1. The minimum atomic E-state index is -2.03. The van der Waals surface area contributed by atoms with E-state index in [-0.39, 0.29) is 51.4 Å². The second kappa shape index (κ2) is 5.90. The van der Waals surface area contributed by atoms with Gasteiger partial charge in [-0.1, -0.05) is 12.7 Å². The fourth-order valence-electron chi connectivity index (χ4n) is 0.0962. The second-order valence-corrected chi connectivity index (χ2v) is 0.957. The number of hydrogen-bond acceptors (Lipinski definition) is 2. The number of carboxylic acids is 1. The number of halogens is 1. The smallest absolute Gasteiger partial charge is 0.547 e. The van der Waals surface area contributed by atoms with Crippen LogP contribution in [0, 0.1) is 0 Å². The van der Waals surface area contributed by atoms with Crippen LogP contribution in [0.5, 0.6) is 0 Å². The van der Waals surface area contributed by atoms with Crippen LogP contribution >= 0.6 is 0 Å². The third kappa shape index (κ3) is 4.92. The van der Waals surface area contributed by atoms with Gasteiger partial charge in [-0.25, -0.2) is 4.39 Å². The zero-order valence-corrected chi connectivity index (χ0v) is 7.68. The molecule has 0 aliphatic carbocycles. The van der Waals surface area contributed by atoms with Crippen LogP contribution in [0.4, 0.5) is 4.39 Å². The molecule has 0 aliphatic rings. The zero-order valence-electron chi connectivity index (χ0n) is 4.56. The summed E-state index contributed by atoms with van der Waals surface area (Å²) in [5, 5.41) is 9.37. The van der Waals surface area contributed by atoms with Crippen LogP contribution in [-0.4, -0.2) is 12.1 Å². The first-order valence-electron chi connectivity index (χ1n) is 1.66. The summed E-state index contributed by atoms with van der Waals surface area (Å²) in [6.07, 6.45) is -1.37. The number of alkyl halides is 1. The van der Waals surface area contributed by atoms with Crippen LogP contribution in [0.2, 0.25) is 0 Å². The molecule has 0 saturated carbocycles. The van der Waals surface area contributed by atoms with Gasteiger partial charge >= 0.3 is 51.4 Å². The van der Waals surface area contributed by atoms with E-state index in [0.717, 1.165) is 0 Å². The van der Waals surface area contributed by atoms with Gasteiger partial charge in [-0.15, -0.1) is 0 Å². The molecule has 0 spiro atoms. The maximum Gasteiger partial charge on any atom is 1.00 e. The predicted molar refractivity (Wildman–Crippen MR) is 20.1 cm³/mol. The molecule has 0 radical (unpaired) electrons. The average Bonchev–Trinajstić information content (AvgIpc) is 1.65. The van der Waals surface area contributed by atoms with Gasteiger partial charge < -0.3 is 9.90 Å². The minimum Gasteiger partial charge on any atom is -0.547 e. The topological polar surface area (TPSA) is 40.1 Å². The summed E-state index contributed by atoms with van der Waals surface area (Å²) in [6, 6.07) is 0. The molecular weight excluding hydrogens is 138 g/mol. The molecule has 0 aromatic rings. The molecule has 0 heterocycles. The van der Waals surface area contributed by atoms with E-state index in [2.05, 4.69) is 6.58 Å². The molecule has 2 nitrogen and oxygen atoms in total. The Labute approximate surface area is 89.2 Å². The monoisotopic (exact) mass is 142 g/mol. The van der Waals surface area contributed by atoms with Crippen molar-refractivity contribution < 1.29 is 65.7 Å². The molecule has 0 aromatic carbocycles. The van der Waals surface area contributed by atoms with Gasteiger partial charge in [-0.2, -0.15) is 0 Å². The van der Waals surface area contributed by atoms with Gasteiger partial charge in [0.05, 0.1) is 5.97 Å². The van der Waals surface area contributed by atoms with Crippen LogP contribution < -0.4 is 56.5 Å². The number of rotatable bonds is 2. The van der Waals surface area contributed by atoms with Crippen molar-refractivity contribution in [1.29, 1.82) is 0 Å². The SMILES string of the molecule is C=CC(F)C(=O)[O-].[K+]. The molecule has 0 N–H and O–H groups in total. The van der Waals surface area contributed by atoms with Crippen molar-refractivity contribution in [3.63, 3.8) is 0 Å². The molecule has 0 saturated heterocycles. The van der Waals surface area contributed by atoms with Crippen LogP contribution in [0.15, 0.2) is 12.7 Å². The standard InChI is InChI=1S/C4H5FO2.K/c1-2-3(5)4(6)7;/h2-3H,1H2,(H,6,7);/q;+1/p-1. The number of carbonyl (C=O) groups excluding carboxylic acids is 1. The molecule has 4 heteroatoms. The molecule has 0 aliphatic heterocycles. The van der Waals surface area contributed by atoms with E-state index in [1.54, 1.807) is 0 Å². The van der Waals surface area contributed by atoms with Gasteiger partial charge in [0.1, 0.15) is 0 Å². The van der Waals surface area contributed by atoms with E-state index in [9.17, 15) is 14.3 Å². The Morgan fingerprint density at radius 1 is 1.88 bits per heavy atom. The van der Waals surface area contributed by atoms with Crippen LogP contribution in [0.3, 0.4) is 0 Å². The Morgan fingerprint density at radius 3 is 2.25 bits per heavy atom. The van der Waals surface area contributed by atoms with Gasteiger partial charge in [-0.05, 0) is 0 Å². The number of carbonyl (C=O) groups is 1. The molecule has 0 fully saturated rings. The number of carboxylic acid groups (broad SMARTS) is 1. The molecule has 1 unspecified atom stereocenters. The molecule has 0 bridgehead atoms. The van der Waals surface area contributed by atoms with Crippen LogP contribution in [0.1, 0.15) is 0 Å². The van der Waals surface area contributed by atoms with Crippen molar-refractivity contribution in [2.45, 2.75) is 6.17 Å². The van der Waals surface area contributed by atoms with Crippen molar-refractivity contribution >= 4 is 5.97 Å². The third-order valence-corrected chi connectivity index (χ3v) is 0.432. The molecule has 0 amide bonds. The van der Waals surface area contributed by atoms with Crippen molar-refractivity contribution in [3.8, 4) is 0 Å². The van der Waals surface area contributed by atoms with E-state index in [1.807, 2.05) is 0 Å². The van der Waals surface area contributed by atoms with E-state index in [0.29, 0.717) is 6.08 Å². The van der Waals surface area contributed by atoms with Gasteiger partial charge in [0.15, 0.2) is 6.17 Å². The number of hydrogen-bond donors (Lipinski definition) is 0. The largest absolute Gasteiger partial charge is 1.00 e. The summed E-state index contributed by atoms with van der Waals surface area (Å²) in [7, 11) is 0. The van der Waals surface area contributed by atoms with Gasteiger partial charge in [0.2, 0.25) is 0 Å². The fourth-order valence-corrected chi connectivity index (χ4v) is 0.0962.